The number of anilines is 2. The Hall–Kier alpha value is -3.51. The van der Waals surface area contributed by atoms with E-state index in [9.17, 15) is 4.79 Å². The van der Waals surface area contributed by atoms with E-state index in [1.807, 2.05) is 60.7 Å². The van der Waals surface area contributed by atoms with Gasteiger partial charge in [0.1, 0.15) is 17.6 Å². The topological polar surface area (TPSA) is 54.0 Å². The van der Waals surface area contributed by atoms with Crippen molar-refractivity contribution in [2.75, 3.05) is 44.0 Å². The zero-order valence-electron chi connectivity index (χ0n) is 19.5. The van der Waals surface area contributed by atoms with Gasteiger partial charge in [-0.15, -0.1) is 0 Å². The molecule has 0 radical (unpaired) electrons. The van der Waals surface area contributed by atoms with Gasteiger partial charge in [0.15, 0.2) is 0 Å². The van der Waals surface area contributed by atoms with Gasteiger partial charge in [-0.3, -0.25) is 9.69 Å². The normalized spacial score (nSPS) is 15.0. The van der Waals surface area contributed by atoms with Crippen molar-refractivity contribution < 1.29 is 14.3 Å². The van der Waals surface area contributed by atoms with Crippen molar-refractivity contribution in [3.63, 3.8) is 0 Å². The Morgan fingerprint density at radius 1 is 1.09 bits per heavy atom. The Labute approximate surface area is 195 Å². The first-order chi connectivity index (χ1) is 16.1. The number of ether oxygens (including phenoxy) is 2. The smallest absolute Gasteiger partial charge is 0.255 e. The minimum atomic E-state index is -0.131. The zero-order valence-corrected chi connectivity index (χ0v) is 19.5. The fourth-order valence-electron chi connectivity index (χ4n) is 4.14. The first-order valence-electron chi connectivity index (χ1n) is 11.3. The molecule has 172 valence electrons. The lowest BCUT2D eigenvalue weighted by Crippen LogP contribution is -2.45. The van der Waals surface area contributed by atoms with Gasteiger partial charge >= 0.3 is 0 Å². The van der Waals surface area contributed by atoms with Crippen LogP contribution in [0.25, 0.3) is 0 Å². The average Bonchev–Trinajstić information content (AvgIpc) is 2.84. The lowest BCUT2D eigenvalue weighted by Gasteiger charge is -2.37. The molecule has 0 spiro atoms. The van der Waals surface area contributed by atoms with Gasteiger partial charge in [-0.25, -0.2) is 0 Å². The molecule has 4 rings (SSSR count). The third-order valence-electron chi connectivity index (χ3n) is 5.84. The monoisotopic (exact) mass is 445 g/mol. The minimum absolute atomic E-state index is 0.111. The van der Waals surface area contributed by atoms with Gasteiger partial charge in [-0.2, -0.15) is 0 Å². The van der Waals surface area contributed by atoms with Crippen LogP contribution in [-0.2, 0) is 6.54 Å². The highest BCUT2D eigenvalue weighted by molar-refractivity contribution is 6.04. The maximum absolute atomic E-state index is 12.6. The van der Waals surface area contributed by atoms with Crippen LogP contribution in [-0.4, -0.2) is 50.7 Å². The van der Waals surface area contributed by atoms with Crippen LogP contribution in [0.1, 0.15) is 22.8 Å². The number of carbonyl (C=O) groups excluding carboxylic acids is 1. The molecule has 1 aliphatic rings. The van der Waals surface area contributed by atoms with Crippen molar-refractivity contribution in [3.05, 3.63) is 83.9 Å². The summed E-state index contributed by atoms with van der Waals surface area (Å²) in [6.45, 7) is 5.62. The van der Waals surface area contributed by atoms with E-state index in [1.165, 1.54) is 5.69 Å². The first kappa shape index (κ1) is 22.7. The molecule has 1 aliphatic heterocycles. The van der Waals surface area contributed by atoms with E-state index in [0.717, 1.165) is 48.9 Å². The predicted octanol–water partition coefficient (Wildman–Crippen LogP) is 4.67. The molecule has 1 heterocycles. The molecule has 0 saturated carbocycles. The van der Waals surface area contributed by atoms with Crippen LogP contribution < -0.4 is 19.7 Å². The highest BCUT2D eigenvalue weighted by Gasteiger charge is 2.25. The number of para-hydroxylation sites is 2. The summed E-state index contributed by atoms with van der Waals surface area (Å²) in [5.74, 6) is 1.58. The summed E-state index contributed by atoms with van der Waals surface area (Å²) in [6.07, 6.45) is 0.111. The molecule has 1 amide bonds. The molecule has 0 aromatic heterocycles. The number of nitrogens with one attached hydrogen (secondary N) is 1. The van der Waals surface area contributed by atoms with Crippen LogP contribution in [0.4, 0.5) is 11.4 Å². The van der Waals surface area contributed by atoms with Crippen LogP contribution in [0, 0.1) is 0 Å². The number of nitrogens with zero attached hydrogens (tertiary/aromatic N) is 2. The molecule has 1 unspecified atom stereocenters. The molecule has 0 aliphatic carbocycles. The zero-order chi connectivity index (χ0) is 23.2. The molecule has 6 heteroatoms. The summed E-state index contributed by atoms with van der Waals surface area (Å²) in [5, 5.41) is 2.92. The summed E-state index contributed by atoms with van der Waals surface area (Å²) in [6, 6.07) is 23.3. The highest BCUT2D eigenvalue weighted by Crippen LogP contribution is 2.33. The summed E-state index contributed by atoms with van der Waals surface area (Å²) in [5.41, 5.74) is 3.69. The second-order valence-corrected chi connectivity index (χ2v) is 8.32. The Morgan fingerprint density at radius 3 is 2.52 bits per heavy atom. The minimum Gasteiger partial charge on any atom is -0.497 e. The molecule has 1 N–H and O–H groups in total. The van der Waals surface area contributed by atoms with Crippen molar-refractivity contribution in [2.45, 2.75) is 19.6 Å². The molecule has 33 heavy (non-hydrogen) atoms. The third-order valence-corrected chi connectivity index (χ3v) is 5.84. The van der Waals surface area contributed by atoms with Gasteiger partial charge in [-0.1, -0.05) is 24.3 Å². The second kappa shape index (κ2) is 10.4. The van der Waals surface area contributed by atoms with Gasteiger partial charge in [0.2, 0.25) is 0 Å². The van der Waals surface area contributed by atoms with E-state index in [1.54, 1.807) is 7.11 Å². The van der Waals surface area contributed by atoms with Crippen LogP contribution in [0.2, 0.25) is 0 Å². The average molecular weight is 446 g/mol. The van der Waals surface area contributed by atoms with Gasteiger partial charge in [-0.05, 0) is 68.1 Å². The first-order valence-corrected chi connectivity index (χ1v) is 11.3. The van der Waals surface area contributed by atoms with Gasteiger partial charge < -0.3 is 19.7 Å². The standard InChI is InChI=1S/C27H31N3O3/c1-4-30-19-24(33-26-8-6-5-7-25(26)30)18-29(2)17-20-9-11-21(12-10-20)27(31)28-22-13-15-23(32-3)16-14-22/h5-16,24H,4,17-19H2,1-3H3,(H,28,31). The van der Waals surface area contributed by atoms with E-state index < -0.39 is 0 Å². The molecular weight excluding hydrogens is 414 g/mol. The van der Waals surface area contributed by atoms with Crippen LogP contribution in [0.5, 0.6) is 11.5 Å². The maximum Gasteiger partial charge on any atom is 0.255 e. The SMILES string of the molecule is CCN1CC(CN(C)Cc2ccc(C(=O)Nc3ccc(OC)cc3)cc2)Oc2ccccc21. The Morgan fingerprint density at radius 2 is 1.82 bits per heavy atom. The molecule has 3 aromatic rings. The summed E-state index contributed by atoms with van der Waals surface area (Å²) in [4.78, 5) is 17.2. The summed E-state index contributed by atoms with van der Waals surface area (Å²) < 4.78 is 11.4. The number of hydrogen-bond donors (Lipinski definition) is 1. The summed E-state index contributed by atoms with van der Waals surface area (Å²) in [7, 11) is 3.72. The predicted molar refractivity (Wildman–Crippen MR) is 132 cm³/mol. The molecule has 1 atom stereocenters. The van der Waals surface area contributed by atoms with Crippen molar-refractivity contribution in [1.29, 1.82) is 0 Å². The number of rotatable bonds is 8. The number of methoxy groups -OCH3 is 1. The fourth-order valence-corrected chi connectivity index (χ4v) is 4.14. The molecular formula is C27H31N3O3. The highest BCUT2D eigenvalue weighted by atomic mass is 16.5. The van der Waals surface area contributed by atoms with E-state index in [4.69, 9.17) is 9.47 Å². The van der Waals surface area contributed by atoms with Crippen molar-refractivity contribution in [2.24, 2.45) is 0 Å². The van der Waals surface area contributed by atoms with Gasteiger partial charge in [0.05, 0.1) is 19.3 Å². The van der Waals surface area contributed by atoms with Crippen molar-refractivity contribution in [1.82, 2.24) is 4.90 Å². The largest absolute Gasteiger partial charge is 0.497 e. The molecule has 6 nitrogen and oxygen atoms in total. The lowest BCUT2D eigenvalue weighted by molar-refractivity contribution is 0.102. The lowest BCUT2D eigenvalue weighted by atomic mass is 10.1. The van der Waals surface area contributed by atoms with Crippen LogP contribution in [0.3, 0.4) is 0 Å². The van der Waals surface area contributed by atoms with Crippen LogP contribution >= 0.6 is 0 Å². The van der Waals surface area contributed by atoms with Gasteiger partial charge in [0.25, 0.3) is 5.91 Å². The van der Waals surface area contributed by atoms with Crippen molar-refractivity contribution in [3.8, 4) is 11.5 Å². The molecule has 0 bridgehead atoms. The third kappa shape index (κ3) is 5.65. The van der Waals surface area contributed by atoms with Crippen LogP contribution in [0.15, 0.2) is 72.8 Å². The van der Waals surface area contributed by atoms with E-state index in [0.29, 0.717) is 5.56 Å². The van der Waals surface area contributed by atoms with E-state index in [2.05, 4.69) is 41.2 Å². The molecule has 3 aromatic carbocycles. The number of amides is 1. The van der Waals surface area contributed by atoms with Gasteiger partial charge in [0, 0.05) is 30.9 Å². The number of benzene rings is 3. The second-order valence-electron chi connectivity index (χ2n) is 8.32. The Bertz CT molecular complexity index is 1070. The van der Waals surface area contributed by atoms with E-state index in [-0.39, 0.29) is 12.0 Å². The quantitative estimate of drug-likeness (QED) is 0.546. The Balaban J connectivity index is 1.31. The number of carbonyl (C=O) groups is 1. The molecule has 0 saturated heterocycles. The fraction of sp³-hybridized carbons (Fsp3) is 0.296. The molecule has 0 fully saturated rings. The van der Waals surface area contributed by atoms with Crippen molar-refractivity contribution >= 4 is 17.3 Å². The summed E-state index contributed by atoms with van der Waals surface area (Å²) >= 11 is 0. The maximum atomic E-state index is 12.6. The Kier molecular flexibility index (Phi) is 7.15. The van der Waals surface area contributed by atoms with E-state index >= 15 is 0 Å². The number of likely N-dealkylation sites (N-methyl/N-ethyl adjacent to an activating group) is 2. The number of hydrogen-bond acceptors (Lipinski definition) is 5. The number of fused-ring (bicyclic) bond motifs is 1.